The van der Waals surface area contributed by atoms with Crippen molar-refractivity contribution in [3.05, 3.63) is 46.4 Å². The number of carbonyl (C=O) groups excluding carboxylic acids is 1. The Hall–Kier alpha value is -2.57. The molecule has 0 radical (unpaired) electrons. The van der Waals surface area contributed by atoms with E-state index in [4.69, 9.17) is 0 Å². The van der Waals surface area contributed by atoms with Crippen LogP contribution in [0.3, 0.4) is 0 Å². The minimum atomic E-state index is -0.490. The van der Waals surface area contributed by atoms with Crippen LogP contribution >= 0.6 is 0 Å². The summed E-state index contributed by atoms with van der Waals surface area (Å²) in [5.74, 6) is 0.493. The Bertz CT molecular complexity index is 763. The molecular weight excluding hydrogens is 320 g/mol. The molecular formula is C18H25N4O3+. The number of aromatic amines is 1. The number of carbonyl (C=O) groups is 1. The van der Waals surface area contributed by atoms with Gasteiger partial charge in [-0.2, -0.15) is 0 Å². The van der Waals surface area contributed by atoms with Crippen LogP contribution in [0.15, 0.2) is 39.8 Å². The summed E-state index contributed by atoms with van der Waals surface area (Å²) in [7, 11) is 0. The van der Waals surface area contributed by atoms with Crippen molar-refractivity contribution < 1.29 is 14.0 Å². The van der Waals surface area contributed by atoms with Crippen LogP contribution in [0.2, 0.25) is 0 Å². The highest BCUT2D eigenvalue weighted by atomic mass is 16.5. The maximum Gasteiger partial charge on any atom is 0.426 e. The van der Waals surface area contributed by atoms with Crippen LogP contribution in [0, 0.1) is 0 Å². The lowest BCUT2D eigenvalue weighted by molar-refractivity contribution is -0.751. The van der Waals surface area contributed by atoms with E-state index in [1.807, 2.05) is 4.90 Å². The first-order chi connectivity index (χ1) is 12.0. The van der Waals surface area contributed by atoms with E-state index >= 15 is 0 Å². The van der Waals surface area contributed by atoms with Crippen molar-refractivity contribution in [2.45, 2.75) is 45.2 Å². The predicted octanol–water partition coefficient (Wildman–Crippen LogP) is 1.48. The highest BCUT2D eigenvalue weighted by Crippen LogP contribution is 2.20. The van der Waals surface area contributed by atoms with E-state index in [1.165, 1.54) is 16.4 Å². The molecule has 1 atom stereocenters. The topological polar surface area (TPSA) is 82.2 Å². The summed E-state index contributed by atoms with van der Waals surface area (Å²) in [6, 6.07) is 8.72. The van der Waals surface area contributed by atoms with Crippen molar-refractivity contribution in [2.75, 3.05) is 18.4 Å². The molecule has 0 spiro atoms. The van der Waals surface area contributed by atoms with E-state index in [9.17, 15) is 9.59 Å². The molecule has 0 bridgehead atoms. The standard InChI is InChI=1S/C18H24N4O3/c1-13(2)14-5-7-15(8-6-14)19-16-4-3-9-21(10-16)17(23)11-22-12-18(24)25-20-22/h5-8,12-13,16,19H,3-4,9-11H2,1-2H3/p+1/t16-/m0/s1. The molecule has 0 unspecified atom stereocenters. The Balaban J connectivity index is 1.57. The fourth-order valence-electron chi connectivity index (χ4n) is 3.13. The molecule has 1 aromatic heterocycles. The van der Waals surface area contributed by atoms with Gasteiger partial charge in [0.15, 0.2) is 0 Å². The number of nitrogens with one attached hydrogen (secondary N) is 2. The van der Waals surface area contributed by atoms with Crippen molar-refractivity contribution >= 4 is 11.6 Å². The van der Waals surface area contributed by atoms with Crippen LogP contribution in [0.1, 0.15) is 38.2 Å². The molecule has 1 amide bonds. The number of amides is 1. The van der Waals surface area contributed by atoms with Gasteiger partial charge in [-0.3, -0.25) is 9.32 Å². The Morgan fingerprint density at radius 1 is 1.40 bits per heavy atom. The fourth-order valence-corrected chi connectivity index (χ4v) is 3.13. The SMILES string of the molecule is CC(C)c1ccc(N[C@H]2CCCN(C(=O)C[n+]3cc(=O)o[nH]3)C2)cc1. The molecule has 1 saturated heterocycles. The minimum absolute atomic E-state index is 0.0243. The number of H-pyrrole nitrogens is 1. The first-order valence-electron chi connectivity index (χ1n) is 8.73. The quantitative estimate of drug-likeness (QED) is 0.804. The van der Waals surface area contributed by atoms with Crippen molar-refractivity contribution in [3.8, 4) is 0 Å². The molecule has 1 aliphatic heterocycles. The van der Waals surface area contributed by atoms with Gasteiger partial charge in [-0.05, 0) is 41.7 Å². The molecule has 1 aromatic carbocycles. The van der Waals surface area contributed by atoms with E-state index in [0.29, 0.717) is 12.5 Å². The number of aromatic nitrogens is 2. The molecule has 0 saturated carbocycles. The number of hydrogen-bond acceptors (Lipinski definition) is 4. The Morgan fingerprint density at radius 3 is 2.80 bits per heavy atom. The zero-order chi connectivity index (χ0) is 17.8. The summed E-state index contributed by atoms with van der Waals surface area (Å²) in [6.07, 6.45) is 3.24. The molecule has 0 aliphatic carbocycles. The van der Waals surface area contributed by atoms with Crippen LogP contribution in [0.5, 0.6) is 0 Å². The average Bonchev–Trinajstić information content (AvgIpc) is 3.00. The summed E-state index contributed by atoms with van der Waals surface area (Å²) < 4.78 is 5.95. The average molecular weight is 345 g/mol. The van der Waals surface area contributed by atoms with E-state index in [2.05, 4.69) is 53.2 Å². The molecule has 7 heteroatoms. The van der Waals surface area contributed by atoms with Gasteiger partial charge in [0.05, 0.1) is 0 Å². The summed E-state index contributed by atoms with van der Waals surface area (Å²) in [5.41, 5.74) is 1.91. The number of likely N-dealkylation sites (tertiary alicyclic amines) is 1. The number of nitrogens with zero attached hydrogens (tertiary/aromatic N) is 2. The second-order valence-corrected chi connectivity index (χ2v) is 6.87. The molecule has 2 heterocycles. The molecule has 2 N–H and O–H groups in total. The lowest BCUT2D eigenvalue weighted by Gasteiger charge is -2.33. The van der Waals surface area contributed by atoms with Gasteiger partial charge in [-0.15, -0.1) is 0 Å². The van der Waals surface area contributed by atoms with Gasteiger partial charge in [-0.25, -0.2) is 4.79 Å². The molecule has 1 fully saturated rings. The highest BCUT2D eigenvalue weighted by Gasteiger charge is 2.26. The third-order valence-corrected chi connectivity index (χ3v) is 4.55. The van der Waals surface area contributed by atoms with E-state index in [0.717, 1.165) is 25.1 Å². The molecule has 134 valence electrons. The zero-order valence-corrected chi connectivity index (χ0v) is 14.7. The number of benzene rings is 1. The maximum atomic E-state index is 12.4. The first kappa shape index (κ1) is 17.3. The molecule has 7 nitrogen and oxygen atoms in total. The monoisotopic (exact) mass is 345 g/mol. The van der Waals surface area contributed by atoms with Crippen LogP contribution in [-0.2, 0) is 11.3 Å². The number of anilines is 1. The van der Waals surface area contributed by atoms with Crippen LogP contribution < -0.4 is 15.6 Å². The lowest BCUT2D eigenvalue weighted by Crippen LogP contribution is -2.51. The predicted molar refractivity (Wildman–Crippen MR) is 93.3 cm³/mol. The Morgan fingerprint density at radius 2 is 2.16 bits per heavy atom. The van der Waals surface area contributed by atoms with Crippen LogP contribution in [0.25, 0.3) is 0 Å². The van der Waals surface area contributed by atoms with Gasteiger partial charge in [0.2, 0.25) is 0 Å². The number of rotatable bonds is 5. The maximum absolute atomic E-state index is 12.4. The van der Waals surface area contributed by atoms with E-state index < -0.39 is 5.63 Å². The van der Waals surface area contributed by atoms with Crippen LogP contribution in [-0.4, -0.2) is 35.2 Å². The van der Waals surface area contributed by atoms with Gasteiger partial charge >= 0.3 is 5.63 Å². The third kappa shape index (κ3) is 4.49. The zero-order valence-electron chi connectivity index (χ0n) is 14.7. The van der Waals surface area contributed by atoms with E-state index in [-0.39, 0.29) is 18.5 Å². The third-order valence-electron chi connectivity index (χ3n) is 4.55. The summed E-state index contributed by atoms with van der Waals surface area (Å²) in [5, 5.41) is 5.93. The van der Waals surface area contributed by atoms with Gasteiger partial charge in [0, 0.05) is 24.8 Å². The Kier molecular flexibility index (Phi) is 5.21. The normalized spacial score (nSPS) is 17.7. The van der Waals surface area contributed by atoms with Gasteiger partial charge in [-0.1, -0.05) is 30.7 Å². The largest absolute Gasteiger partial charge is 0.426 e. The van der Waals surface area contributed by atoms with Crippen molar-refractivity contribution in [3.63, 3.8) is 0 Å². The van der Waals surface area contributed by atoms with Gasteiger partial charge in [0.1, 0.15) is 0 Å². The van der Waals surface area contributed by atoms with Crippen molar-refractivity contribution in [1.29, 1.82) is 0 Å². The van der Waals surface area contributed by atoms with Crippen LogP contribution in [0.4, 0.5) is 5.69 Å². The Labute approximate surface area is 146 Å². The summed E-state index contributed by atoms with van der Waals surface area (Å²) >= 11 is 0. The van der Waals surface area contributed by atoms with Gasteiger partial charge < -0.3 is 10.2 Å². The number of hydrogen-bond donors (Lipinski definition) is 2. The summed E-state index contributed by atoms with van der Waals surface area (Å²) in [6.45, 7) is 5.84. The smallest absolute Gasteiger partial charge is 0.381 e. The molecule has 1 aliphatic rings. The molecule has 2 aromatic rings. The molecule has 3 rings (SSSR count). The second kappa shape index (κ2) is 7.55. The number of piperidine rings is 1. The summed E-state index contributed by atoms with van der Waals surface area (Å²) in [4.78, 5) is 25.3. The molecule has 25 heavy (non-hydrogen) atoms. The fraction of sp³-hybridized carbons (Fsp3) is 0.500. The van der Waals surface area contributed by atoms with Gasteiger partial charge in [0.25, 0.3) is 18.6 Å². The van der Waals surface area contributed by atoms with Crippen molar-refractivity contribution in [2.24, 2.45) is 0 Å². The highest BCUT2D eigenvalue weighted by molar-refractivity contribution is 5.74. The minimum Gasteiger partial charge on any atom is -0.381 e. The lowest BCUT2D eigenvalue weighted by atomic mass is 10.0. The van der Waals surface area contributed by atoms with E-state index in [1.54, 1.807) is 0 Å². The second-order valence-electron chi connectivity index (χ2n) is 6.87. The first-order valence-corrected chi connectivity index (χ1v) is 8.73. The van der Waals surface area contributed by atoms with Crippen molar-refractivity contribution in [1.82, 2.24) is 10.2 Å².